The van der Waals surface area contributed by atoms with Crippen molar-refractivity contribution in [3.63, 3.8) is 0 Å². The van der Waals surface area contributed by atoms with Gasteiger partial charge in [0.05, 0.1) is 59.5 Å². The third kappa shape index (κ3) is 64.3. The molecule has 0 bridgehead atoms. The Labute approximate surface area is 702 Å². The van der Waals surface area contributed by atoms with Gasteiger partial charge in [-0.1, -0.05) is 157 Å². The molecule has 39 heteroatoms. The summed E-state index contributed by atoms with van der Waals surface area (Å²) in [6, 6.07) is 15.4. The van der Waals surface area contributed by atoms with Crippen LogP contribution in [0.1, 0.15) is 136 Å². The van der Waals surface area contributed by atoms with Crippen molar-refractivity contribution in [2.75, 3.05) is 92.1 Å². The summed E-state index contributed by atoms with van der Waals surface area (Å²) in [7, 11) is -8.45. The fourth-order valence-corrected chi connectivity index (χ4v) is 8.89. The first kappa shape index (κ1) is 124. The first-order valence-corrected chi connectivity index (χ1v) is 34.5. The van der Waals surface area contributed by atoms with Crippen LogP contribution in [0.4, 0.5) is 4.79 Å². The van der Waals surface area contributed by atoms with Crippen molar-refractivity contribution in [3.8, 4) is 0 Å². The average Bonchev–Trinajstić information content (AvgIpc) is 1.58. The van der Waals surface area contributed by atoms with Crippen molar-refractivity contribution in [2.24, 2.45) is 17.8 Å². The van der Waals surface area contributed by atoms with E-state index in [-0.39, 0.29) is 211 Å². The number of hydrogen-bond acceptors (Lipinski definition) is 21. The molecule has 1 fully saturated rings. The molecular weight excluding hydrogens is 1800 g/mol. The molecule has 1 saturated heterocycles. The van der Waals surface area contributed by atoms with Gasteiger partial charge in [0.25, 0.3) is 0 Å². The molecule has 1 aliphatic rings. The molecule has 9 amide bonds. The van der Waals surface area contributed by atoms with Gasteiger partial charge in [-0.25, -0.2) is 13.9 Å². The number of phosphoric acid groups is 2. The zero-order chi connectivity index (χ0) is 73.1. The van der Waals surface area contributed by atoms with Crippen LogP contribution in [0.3, 0.4) is 0 Å². The molecule has 0 aliphatic carbocycles. The number of benzene rings is 2. The molecular formula is C67H119N10O22P2UV4-5. The van der Waals surface area contributed by atoms with Crippen LogP contribution in [-0.4, -0.2) is 194 Å². The normalized spacial score (nSPS) is 14.9. The van der Waals surface area contributed by atoms with Crippen LogP contribution in [0, 0.1) is 48.9 Å². The Morgan fingerprint density at radius 2 is 0.981 bits per heavy atom. The first-order valence-electron chi connectivity index (χ1n) is 31.5. The summed E-state index contributed by atoms with van der Waals surface area (Å²) in [5, 5.41) is 22.2. The second kappa shape index (κ2) is 73.1. The van der Waals surface area contributed by atoms with E-state index in [1.165, 1.54) is 18.9 Å². The predicted octanol–water partition coefficient (Wildman–Crippen LogP) is 6.82. The van der Waals surface area contributed by atoms with Gasteiger partial charge in [0, 0.05) is 145 Å². The number of phosphoric ester groups is 2. The van der Waals surface area contributed by atoms with E-state index < -0.39 is 82.3 Å². The third-order valence-corrected chi connectivity index (χ3v) is 15.5. The average molecular weight is 1920 g/mol. The zero-order valence-electron chi connectivity index (χ0n) is 59.8. The number of carbonyl (C=O) groups excluding carboxylic acids is 9. The van der Waals surface area contributed by atoms with Gasteiger partial charge in [0.1, 0.15) is 35.9 Å². The van der Waals surface area contributed by atoms with Crippen molar-refractivity contribution in [1.29, 1.82) is 0 Å². The Hall–Kier alpha value is -3.38. The Balaban J connectivity index is -0.000000142. The van der Waals surface area contributed by atoms with Gasteiger partial charge in [-0.05, 0) is 63.5 Å². The molecule has 3 rings (SSSR count). The number of ether oxygens (including phenoxy) is 5. The maximum Gasteiger partial charge on any atom is 0.475 e. The van der Waals surface area contributed by atoms with E-state index >= 15 is 0 Å². The van der Waals surface area contributed by atoms with E-state index in [4.69, 9.17) is 43.0 Å². The molecule has 106 heavy (non-hydrogen) atoms. The summed E-state index contributed by atoms with van der Waals surface area (Å²) < 4.78 is 75.8. The number of hydrogen-bond donors (Lipinski definition) is 10. The van der Waals surface area contributed by atoms with Crippen LogP contribution in [0.25, 0.3) is 5.73 Å². The third-order valence-electron chi connectivity index (χ3n) is 13.1. The molecule has 608 valence electrons. The molecule has 10 atom stereocenters. The van der Waals surface area contributed by atoms with Crippen molar-refractivity contribution < 1.29 is 209 Å². The fraction of sp³-hybridized carbons (Fsp3) is 0.657. The Morgan fingerprint density at radius 1 is 0.604 bits per heavy atom. The molecule has 2 aromatic carbocycles. The van der Waals surface area contributed by atoms with Crippen LogP contribution in [0.15, 0.2) is 73.3 Å². The van der Waals surface area contributed by atoms with Crippen LogP contribution in [0.2, 0.25) is 0 Å². The van der Waals surface area contributed by atoms with Gasteiger partial charge in [-0.3, -0.25) is 41.8 Å². The molecule has 4 radical (unpaired) electrons. The van der Waals surface area contributed by atoms with Gasteiger partial charge in [-0.15, -0.1) is 13.1 Å². The van der Waals surface area contributed by atoms with Crippen LogP contribution >= 0.6 is 15.6 Å². The number of nitrogens with one attached hydrogen (secondary N) is 10. The number of amides is 9. The minimum atomic E-state index is -4.34. The molecule has 1 heterocycles. The largest absolute Gasteiger partial charge is 0.676 e. The summed E-state index contributed by atoms with van der Waals surface area (Å²) >= 11 is 0. The molecule has 2 aromatic rings. The van der Waals surface area contributed by atoms with Gasteiger partial charge < -0.3 is 101 Å². The smallest absolute Gasteiger partial charge is 0.475 e. The second-order valence-corrected chi connectivity index (χ2v) is 26.2. The van der Waals surface area contributed by atoms with Crippen LogP contribution in [0.5, 0.6) is 0 Å². The SMILES string of the molecule is C.C.C.C.C=CCOP(=O)(OCCNC(=O)OC(C)(C)C)OCC(N[C-]=O)C(=O)NCC(C)CC.CC1(C)OCC(CNC(=O)C(COCc2ccccc2)N[C-]=O)O1.CCC(C)CNC(=O)C(COCc1ccccc1)N[C-]=O.CCC(C)CNC(=O)C(COP(=O)(O)OCC[NH-])N[C-]=O.[U].[V].[V].[V].[V]. The van der Waals surface area contributed by atoms with Gasteiger partial charge in [0.2, 0.25) is 23.6 Å². The van der Waals surface area contributed by atoms with E-state index in [1.54, 1.807) is 33.6 Å². The Bertz CT molecular complexity index is 2690. The van der Waals surface area contributed by atoms with E-state index in [9.17, 15) is 57.2 Å². The molecule has 10 unspecified atom stereocenters. The van der Waals surface area contributed by atoms with E-state index in [0.717, 1.165) is 30.4 Å². The standard InChI is InChI=1S/C19H35N3O8P.C17H23N2O5.C16H23N2O3.C11H22N3O6P.4CH4.U.4V/c1-7-10-27-31(26,28-11-9-20-18(25)30-19(4,5)6)29-13-16(22-14-23)17(24)21-12-15(3)8-2;1-17(2)23-10-14(24-17)8-18-16(21)15(19-12-20)11-22-9-13-6-4-3-5-7-13;1-3-13(2)9-17-16(20)15(18-12-19)11-21-10-14-7-5-4-6-8-14;1-3-9(2)6-13-11(16)10(14-8-15)7-20-21(17,18)19-5-4-12;;;;;;;;;/h7,15-16H,1,8-13H2,2-6H3,(H,20,25)(H,21,24)(H,22,23);3-7,14-15H,8-11H2,1-2H3,(H,18,21)(H,19,20);4-8,13,15H,3,9-11H2,1-2H3,(H,17,20)(H,18,19);9-10,12H,3-7H2,1-2H3,(H,13,16)(H,14,15)(H,17,18);4*1H4;;;;;/q3*-1;-2;;;;;;;;;. The fourth-order valence-electron chi connectivity index (χ4n) is 7.00. The number of carbonyl (C=O) groups is 5. The summed E-state index contributed by atoms with van der Waals surface area (Å²) in [5.74, 6) is -1.38. The van der Waals surface area contributed by atoms with Crippen molar-refractivity contribution in [3.05, 3.63) is 90.2 Å². The van der Waals surface area contributed by atoms with E-state index in [2.05, 4.69) is 77.3 Å². The topological polar surface area (TPSA) is 432 Å². The number of alkyl carbamates (subject to hydrolysis) is 1. The molecule has 1 aliphatic heterocycles. The maximum atomic E-state index is 12.8. The Kier molecular flexibility index (Phi) is 85.2. The molecule has 0 aromatic heterocycles. The van der Waals surface area contributed by atoms with E-state index in [1.807, 2.05) is 102 Å². The minimum Gasteiger partial charge on any atom is -0.676 e. The van der Waals surface area contributed by atoms with Crippen molar-refractivity contribution in [1.82, 2.24) is 47.9 Å². The van der Waals surface area contributed by atoms with Crippen molar-refractivity contribution >= 4 is 71.0 Å². The first-order chi connectivity index (χ1) is 46.0. The van der Waals surface area contributed by atoms with Crippen LogP contribution < -0.4 is 47.9 Å². The minimum absolute atomic E-state index is 0. The molecule has 32 nitrogen and oxygen atoms in total. The molecule has 0 saturated carbocycles. The summed E-state index contributed by atoms with van der Waals surface area (Å²) in [5.41, 5.74) is 8.15. The van der Waals surface area contributed by atoms with E-state index in [0.29, 0.717) is 51.9 Å². The predicted molar refractivity (Wildman–Crippen MR) is 386 cm³/mol. The maximum absolute atomic E-state index is 12.8. The van der Waals surface area contributed by atoms with Gasteiger partial charge in [0.15, 0.2) is 5.79 Å². The zero-order valence-corrected chi connectivity index (χ0v) is 71.4. The monoisotopic (exact) mass is 1920 g/mol. The van der Waals surface area contributed by atoms with Crippen molar-refractivity contribution in [2.45, 2.75) is 180 Å². The number of rotatable bonds is 47. The second-order valence-electron chi connectivity index (χ2n) is 23.1. The molecule has 0 spiro atoms. The molecule has 11 N–H and O–H groups in total. The summed E-state index contributed by atoms with van der Waals surface area (Å²) in [6.07, 6.45) is 9.06. The quantitative estimate of drug-likeness (QED) is 0.0107. The summed E-state index contributed by atoms with van der Waals surface area (Å²) in [4.78, 5) is 111. The van der Waals surface area contributed by atoms with Crippen LogP contribution in [-0.2, 0) is 181 Å². The van der Waals surface area contributed by atoms with Gasteiger partial charge >= 0.3 is 21.7 Å². The Morgan fingerprint density at radius 3 is 1.32 bits per heavy atom. The van der Waals surface area contributed by atoms with Gasteiger partial charge in [-0.2, -0.15) is 25.6 Å². The summed E-state index contributed by atoms with van der Waals surface area (Å²) in [6.45, 7) is 25.4.